The number of aromatic nitrogens is 3. The second-order valence-corrected chi connectivity index (χ2v) is 13.5. The van der Waals surface area contributed by atoms with Gasteiger partial charge in [0.1, 0.15) is 28.5 Å². The molecule has 0 fully saturated rings. The molecule has 0 aliphatic rings. The predicted octanol–water partition coefficient (Wildman–Crippen LogP) is 4.19. The van der Waals surface area contributed by atoms with Gasteiger partial charge in [-0.3, -0.25) is 14.4 Å². The summed E-state index contributed by atoms with van der Waals surface area (Å²) in [4.78, 5) is 62.6. The number of H-pyrrole nitrogens is 1. The Bertz CT molecular complexity index is 1780. The maximum atomic E-state index is 13.9. The van der Waals surface area contributed by atoms with Crippen molar-refractivity contribution in [2.24, 2.45) is 0 Å². The highest BCUT2D eigenvalue weighted by Gasteiger charge is 2.39. The molecule has 2 aromatic heterocycles. The van der Waals surface area contributed by atoms with Gasteiger partial charge in [-0.2, -0.15) is 0 Å². The lowest BCUT2D eigenvalue weighted by atomic mass is 9.90. The number of nitrogens with one attached hydrogen (secondary N) is 4. The highest BCUT2D eigenvalue weighted by Crippen LogP contribution is 2.31. The highest BCUT2D eigenvalue weighted by atomic mass is 16.6. The van der Waals surface area contributed by atoms with Crippen LogP contribution in [0.1, 0.15) is 52.7 Å². The Hall–Kier alpha value is -5.33. The van der Waals surface area contributed by atoms with Crippen molar-refractivity contribution in [2.45, 2.75) is 70.7 Å². The zero-order valence-electron chi connectivity index (χ0n) is 28.9. The number of benzene rings is 2. The van der Waals surface area contributed by atoms with Gasteiger partial charge in [0.05, 0.1) is 13.4 Å². The molecule has 0 aliphatic heterocycles. The van der Waals surface area contributed by atoms with Crippen molar-refractivity contribution >= 4 is 40.5 Å². The molecule has 2 unspecified atom stereocenters. The van der Waals surface area contributed by atoms with E-state index >= 15 is 0 Å². The molecule has 4 rings (SSSR count). The summed E-state index contributed by atoms with van der Waals surface area (Å²) >= 11 is 0. The van der Waals surface area contributed by atoms with Crippen LogP contribution in [0.3, 0.4) is 0 Å². The Morgan fingerprint density at radius 3 is 2.27 bits per heavy atom. The second kappa shape index (κ2) is 13.8. The summed E-state index contributed by atoms with van der Waals surface area (Å²) in [6.45, 7) is 9.98. The van der Waals surface area contributed by atoms with Crippen molar-refractivity contribution in [1.82, 2.24) is 30.1 Å². The fraction of sp³-hybridized carbons (Fsp3) is 0.400. The van der Waals surface area contributed by atoms with E-state index in [-0.39, 0.29) is 18.1 Å². The average Bonchev–Trinajstić information content (AvgIpc) is 3.66. The van der Waals surface area contributed by atoms with Gasteiger partial charge in [0.2, 0.25) is 11.8 Å². The number of anilines is 1. The molecular formula is C35H45N7O6. The molecule has 13 nitrogen and oxygen atoms in total. The van der Waals surface area contributed by atoms with E-state index in [2.05, 4.69) is 25.9 Å². The SMILES string of the molecule is COc1ccc(C(C)(C(=O)N(C)C)n2cnc(NC(=O)C(Cc3c[nH]c4ccccc34)NC(=O)C(C)(C)NC(=O)OC(C)(C)C)c2)cc1. The van der Waals surface area contributed by atoms with Crippen molar-refractivity contribution in [2.75, 3.05) is 26.5 Å². The van der Waals surface area contributed by atoms with Gasteiger partial charge >= 0.3 is 6.09 Å². The van der Waals surface area contributed by atoms with Gasteiger partial charge in [0.15, 0.2) is 5.82 Å². The van der Waals surface area contributed by atoms with Crippen molar-refractivity contribution in [3.05, 3.63) is 78.4 Å². The van der Waals surface area contributed by atoms with Crippen molar-refractivity contribution in [3.8, 4) is 5.75 Å². The largest absolute Gasteiger partial charge is 0.497 e. The monoisotopic (exact) mass is 659 g/mol. The van der Waals surface area contributed by atoms with Gasteiger partial charge in [-0.1, -0.05) is 30.3 Å². The van der Waals surface area contributed by atoms with E-state index in [1.165, 1.54) is 25.1 Å². The summed E-state index contributed by atoms with van der Waals surface area (Å²) in [6, 6.07) is 13.7. The van der Waals surface area contributed by atoms with Crippen LogP contribution in [0.25, 0.3) is 10.9 Å². The number of hydrogen-bond acceptors (Lipinski definition) is 7. The quantitative estimate of drug-likeness (QED) is 0.188. The van der Waals surface area contributed by atoms with Gasteiger partial charge in [-0.05, 0) is 70.9 Å². The molecule has 2 heterocycles. The fourth-order valence-corrected chi connectivity index (χ4v) is 5.26. The minimum Gasteiger partial charge on any atom is -0.497 e. The van der Waals surface area contributed by atoms with Crippen molar-refractivity contribution in [3.63, 3.8) is 0 Å². The number of carbonyl (C=O) groups excluding carboxylic acids is 4. The summed E-state index contributed by atoms with van der Waals surface area (Å²) in [6.07, 6.45) is 4.21. The van der Waals surface area contributed by atoms with Crippen LogP contribution in [-0.2, 0) is 31.1 Å². The van der Waals surface area contributed by atoms with Crippen LogP contribution in [0, 0.1) is 0 Å². The lowest BCUT2D eigenvalue weighted by molar-refractivity contribution is -0.135. The summed E-state index contributed by atoms with van der Waals surface area (Å²) in [7, 11) is 4.90. The number of aromatic amines is 1. The first-order valence-corrected chi connectivity index (χ1v) is 15.5. The summed E-state index contributed by atoms with van der Waals surface area (Å²) in [5.74, 6) is -0.535. The number of alkyl carbamates (subject to hydrolysis) is 1. The Morgan fingerprint density at radius 1 is 0.979 bits per heavy atom. The number of carbonyl (C=O) groups is 4. The summed E-state index contributed by atoms with van der Waals surface area (Å²) in [5.41, 5.74) is -1.03. The van der Waals surface area contributed by atoms with Crippen LogP contribution in [-0.4, -0.2) is 81.6 Å². The van der Waals surface area contributed by atoms with E-state index in [4.69, 9.17) is 9.47 Å². The van der Waals surface area contributed by atoms with E-state index in [0.717, 1.165) is 16.5 Å². The molecule has 48 heavy (non-hydrogen) atoms. The van der Waals surface area contributed by atoms with Gasteiger partial charge in [-0.15, -0.1) is 0 Å². The van der Waals surface area contributed by atoms with Gasteiger partial charge in [0.25, 0.3) is 5.91 Å². The van der Waals surface area contributed by atoms with E-state index in [1.54, 1.807) is 90.1 Å². The Balaban J connectivity index is 1.62. The molecule has 13 heteroatoms. The van der Waals surface area contributed by atoms with E-state index < -0.39 is 40.6 Å². The third-order valence-corrected chi connectivity index (χ3v) is 7.93. The molecule has 256 valence electrons. The molecule has 2 atom stereocenters. The molecule has 0 aliphatic carbocycles. The molecule has 4 amide bonds. The number of hydrogen-bond donors (Lipinski definition) is 4. The zero-order valence-corrected chi connectivity index (χ0v) is 28.9. The minimum absolute atomic E-state index is 0.132. The first kappa shape index (κ1) is 35.5. The molecule has 0 spiro atoms. The first-order valence-electron chi connectivity index (χ1n) is 15.5. The maximum Gasteiger partial charge on any atom is 0.408 e. The number of rotatable bonds is 11. The van der Waals surface area contributed by atoms with Crippen LogP contribution in [0.2, 0.25) is 0 Å². The van der Waals surface area contributed by atoms with Crippen molar-refractivity contribution < 1.29 is 28.7 Å². The third kappa shape index (κ3) is 7.96. The molecule has 0 saturated heterocycles. The Kier molecular flexibility index (Phi) is 10.2. The standard InChI is InChI=1S/C35H45N7O6/c1-33(2,3)48-32(46)40-34(4,5)30(44)38-27(18-22-19-36-26-13-11-10-12-25(22)26)29(43)39-28-20-42(21-37-28)35(6,31(45)41(7)8)23-14-16-24(47-9)17-15-23/h10-17,19-21,27,36H,18H2,1-9H3,(H,38,44)(H,39,43)(H,40,46). The van der Waals surface area contributed by atoms with Crippen LogP contribution in [0.4, 0.5) is 10.6 Å². The lowest BCUT2D eigenvalue weighted by Gasteiger charge is -2.33. The first-order chi connectivity index (χ1) is 22.4. The van der Waals surface area contributed by atoms with Crippen LogP contribution in [0.5, 0.6) is 5.75 Å². The summed E-state index contributed by atoms with van der Waals surface area (Å²) in [5, 5.41) is 9.11. The number of imidazole rings is 1. The number of ether oxygens (including phenoxy) is 2. The predicted molar refractivity (Wildman–Crippen MR) is 183 cm³/mol. The smallest absolute Gasteiger partial charge is 0.408 e. The maximum absolute atomic E-state index is 13.9. The number of amides is 4. The Labute approximate surface area is 280 Å². The molecule has 4 N–H and O–H groups in total. The third-order valence-electron chi connectivity index (χ3n) is 7.93. The van der Waals surface area contributed by atoms with Crippen molar-refractivity contribution in [1.29, 1.82) is 0 Å². The Morgan fingerprint density at radius 2 is 1.65 bits per heavy atom. The average molecular weight is 660 g/mol. The van der Waals surface area contributed by atoms with Crippen LogP contribution < -0.4 is 20.7 Å². The van der Waals surface area contributed by atoms with Gasteiger partial charge in [-0.25, -0.2) is 9.78 Å². The number of methoxy groups -OCH3 is 1. The fourth-order valence-electron chi connectivity index (χ4n) is 5.26. The minimum atomic E-state index is -1.42. The molecule has 0 bridgehead atoms. The van der Waals surface area contributed by atoms with Gasteiger partial charge < -0.3 is 39.9 Å². The molecule has 2 aromatic carbocycles. The number of fused-ring (bicyclic) bond motifs is 1. The van der Waals surface area contributed by atoms with E-state index in [9.17, 15) is 19.2 Å². The lowest BCUT2D eigenvalue weighted by Crippen LogP contribution is -2.59. The number of likely N-dealkylation sites (N-methyl/N-ethyl adjacent to an activating group) is 1. The van der Waals surface area contributed by atoms with Crippen LogP contribution >= 0.6 is 0 Å². The summed E-state index contributed by atoms with van der Waals surface area (Å²) < 4.78 is 12.3. The van der Waals surface area contributed by atoms with Gasteiger partial charge in [0, 0.05) is 43.8 Å². The zero-order chi connectivity index (χ0) is 35.4. The normalized spacial score (nSPS) is 13.6. The molecule has 0 saturated carbocycles. The van der Waals surface area contributed by atoms with Crippen LogP contribution in [0.15, 0.2) is 67.3 Å². The highest BCUT2D eigenvalue weighted by molar-refractivity contribution is 5.99. The molecule has 4 aromatic rings. The number of nitrogens with zero attached hydrogens (tertiary/aromatic N) is 3. The topological polar surface area (TPSA) is 160 Å². The number of para-hydroxylation sites is 1. The molecule has 0 radical (unpaired) electrons. The second-order valence-electron chi connectivity index (χ2n) is 13.5. The van der Waals surface area contributed by atoms with E-state index in [1.807, 2.05) is 24.3 Å². The van der Waals surface area contributed by atoms with E-state index in [0.29, 0.717) is 11.3 Å². The molecular weight excluding hydrogens is 614 g/mol.